The molecule has 7 heteroatoms. The topological polar surface area (TPSA) is 43.4 Å². The van der Waals surface area contributed by atoms with Crippen molar-refractivity contribution in [1.82, 2.24) is 0 Å². The summed E-state index contributed by atoms with van der Waals surface area (Å²) in [5.41, 5.74) is -5.05. The molecule has 0 aliphatic rings. The van der Waals surface area contributed by atoms with Crippen LogP contribution in [0, 0.1) is 0 Å². The molecule has 0 aliphatic carbocycles. The Morgan fingerprint density at radius 3 is 2.00 bits per heavy atom. The van der Waals surface area contributed by atoms with Gasteiger partial charge in [0.15, 0.2) is 0 Å². The number of benzene rings is 4. The summed E-state index contributed by atoms with van der Waals surface area (Å²) in [5.74, 6) is 0. The van der Waals surface area contributed by atoms with E-state index in [-0.39, 0.29) is 0 Å². The maximum absolute atomic E-state index is 12.5. The van der Waals surface area contributed by atoms with E-state index in [1.54, 1.807) is 18.2 Å². The zero-order valence-electron chi connectivity index (χ0n) is 12.7. The molecule has 3 nitrogen and oxygen atoms in total. The molecule has 0 N–H and O–H groups in total. The van der Waals surface area contributed by atoms with Crippen LogP contribution in [-0.2, 0) is 20.9 Å². The summed E-state index contributed by atoms with van der Waals surface area (Å²) in [4.78, 5) is 0. The van der Waals surface area contributed by atoms with E-state index in [4.69, 9.17) is 0 Å². The van der Waals surface area contributed by atoms with E-state index in [0.29, 0.717) is 10.9 Å². The van der Waals surface area contributed by atoms with E-state index in [2.05, 4.69) is 4.18 Å². The minimum atomic E-state index is -5.63. The average molecular weight is 364 g/mol. The van der Waals surface area contributed by atoms with Crippen LogP contribution in [0.4, 0.5) is 13.2 Å². The van der Waals surface area contributed by atoms with Gasteiger partial charge in [0.1, 0.15) is 0 Å². The van der Waals surface area contributed by atoms with E-state index in [1.807, 2.05) is 36.4 Å². The summed E-state index contributed by atoms with van der Waals surface area (Å²) in [6.45, 7) is -0.671. The third kappa shape index (κ3) is 2.51. The molecular weight excluding hydrogens is 353 g/mol. The molecule has 4 aromatic rings. The summed E-state index contributed by atoms with van der Waals surface area (Å²) < 4.78 is 63.9. The van der Waals surface area contributed by atoms with Gasteiger partial charge in [-0.3, -0.25) is 4.18 Å². The van der Waals surface area contributed by atoms with Gasteiger partial charge in [-0.1, -0.05) is 54.6 Å². The predicted octanol–water partition coefficient (Wildman–Crippen LogP) is 4.95. The predicted molar refractivity (Wildman–Crippen MR) is 89.9 cm³/mol. The summed E-state index contributed by atoms with van der Waals surface area (Å²) in [7, 11) is -5.63. The normalized spacial score (nSPS) is 13.2. The minimum absolute atomic E-state index is 0.388. The van der Waals surface area contributed by atoms with Gasteiger partial charge in [-0.25, -0.2) is 0 Å². The Morgan fingerprint density at radius 1 is 0.800 bits per heavy atom. The summed E-state index contributed by atoms with van der Waals surface area (Å²) in [6.07, 6.45) is 0. The standard InChI is InChI=1S/C18H11F3O3S/c19-18(20,21)25(22,23)24-10-14-7-6-13-5-4-11-2-1-3-12-8-9-15(14)17(13)16(11)12/h1-9H,10H2. The molecule has 128 valence electrons. The number of alkyl halides is 3. The van der Waals surface area contributed by atoms with Crippen LogP contribution >= 0.6 is 0 Å². The lowest BCUT2D eigenvalue weighted by molar-refractivity contribution is -0.0547. The fourth-order valence-electron chi connectivity index (χ4n) is 3.13. The quantitative estimate of drug-likeness (QED) is 0.293. The van der Waals surface area contributed by atoms with Gasteiger partial charge in [-0.05, 0) is 37.9 Å². The highest BCUT2D eigenvalue weighted by molar-refractivity contribution is 7.87. The van der Waals surface area contributed by atoms with Crippen LogP contribution in [0.15, 0.2) is 54.6 Å². The van der Waals surface area contributed by atoms with E-state index in [9.17, 15) is 21.6 Å². The molecule has 4 aromatic carbocycles. The number of hydrogen-bond acceptors (Lipinski definition) is 3. The Balaban J connectivity index is 1.88. The summed E-state index contributed by atoms with van der Waals surface area (Å²) >= 11 is 0. The van der Waals surface area contributed by atoms with Gasteiger partial charge in [0, 0.05) is 0 Å². The Morgan fingerprint density at radius 2 is 1.36 bits per heavy atom. The van der Waals surface area contributed by atoms with Crippen molar-refractivity contribution in [2.45, 2.75) is 12.1 Å². The molecule has 0 amide bonds. The molecule has 0 radical (unpaired) electrons. The molecule has 0 aliphatic heterocycles. The summed E-state index contributed by atoms with van der Waals surface area (Å²) in [5, 5.41) is 5.52. The first-order chi connectivity index (χ1) is 11.8. The van der Waals surface area contributed by atoms with Crippen molar-refractivity contribution >= 4 is 42.4 Å². The highest BCUT2D eigenvalue weighted by Gasteiger charge is 2.47. The van der Waals surface area contributed by atoms with E-state index in [0.717, 1.165) is 26.9 Å². The molecule has 25 heavy (non-hydrogen) atoms. The molecule has 0 heterocycles. The second-order valence-corrected chi connectivity index (χ2v) is 7.35. The van der Waals surface area contributed by atoms with Crippen molar-refractivity contribution in [2.75, 3.05) is 0 Å². The van der Waals surface area contributed by atoms with Crippen LogP contribution in [0.1, 0.15) is 5.56 Å². The lowest BCUT2D eigenvalue weighted by atomic mass is 9.92. The van der Waals surface area contributed by atoms with E-state index < -0.39 is 22.2 Å². The van der Waals surface area contributed by atoms with Gasteiger partial charge in [0.05, 0.1) is 6.61 Å². The molecular formula is C18H11F3O3S. The molecule has 0 atom stereocenters. The first kappa shape index (κ1) is 16.1. The molecule has 0 saturated heterocycles. The molecule has 0 spiro atoms. The smallest absolute Gasteiger partial charge is 0.258 e. The van der Waals surface area contributed by atoms with Crippen LogP contribution in [0.5, 0.6) is 0 Å². The minimum Gasteiger partial charge on any atom is -0.258 e. The van der Waals surface area contributed by atoms with Crippen LogP contribution in [0.2, 0.25) is 0 Å². The van der Waals surface area contributed by atoms with Crippen molar-refractivity contribution in [3.8, 4) is 0 Å². The first-order valence-corrected chi connectivity index (χ1v) is 8.80. The van der Waals surface area contributed by atoms with Crippen molar-refractivity contribution in [3.63, 3.8) is 0 Å². The van der Waals surface area contributed by atoms with Gasteiger partial charge in [0.2, 0.25) is 0 Å². The highest BCUT2D eigenvalue weighted by atomic mass is 32.2. The van der Waals surface area contributed by atoms with Crippen LogP contribution in [0.3, 0.4) is 0 Å². The average Bonchev–Trinajstić information content (AvgIpc) is 2.57. The van der Waals surface area contributed by atoms with Gasteiger partial charge < -0.3 is 0 Å². The van der Waals surface area contributed by atoms with Gasteiger partial charge in [-0.2, -0.15) is 21.6 Å². The summed E-state index contributed by atoms with van der Waals surface area (Å²) in [6, 6.07) is 16.8. The number of hydrogen-bond donors (Lipinski definition) is 0. The highest BCUT2D eigenvalue weighted by Crippen LogP contribution is 2.36. The zero-order valence-corrected chi connectivity index (χ0v) is 13.5. The zero-order chi connectivity index (χ0) is 17.8. The van der Waals surface area contributed by atoms with Crippen molar-refractivity contribution < 1.29 is 25.8 Å². The molecule has 0 unspecified atom stereocenters. The lowest BCUT2D eigenvalue weighted by Crippen LogP contribution is -2.25. The molecule has 0 saturated carbocycles. The maximum Gasteiger partial charge on any atom is 0.523 e. The van der Waals surface area contributed by atoms with Crippen molar-refractivity contribution in [1.29, 1.82) is 0 Å². The van der Waals surface area contributed by atoms with E-state index >= 15 is 0 Å². The second-order valence-electron chi connectivity index (χ2n) is 5.74. The SMILES string of the molecule is O=S(=O)(OCc1ccc2ccc3cccc4ccc1c2c34)C(F)(F)F. The fraction of sp³-hybridized carbons (Fsp3) is 0.111. The lowest BCUT2D eigenvalue weighted by Gasteiger charge is -2.14. The second kappa shape index (κ2) is 5.31. The first-order valence-electron chi connectivity index (χ1n) is 7.39. The number of rotatable bonds is 3. The Labute approximate surface area is 141 Å². The third-order valence-corrected chi connectivity index (χ3v) is 5.27. The van der Waals surface area contributed by atoms with Crippen molar-refractivity contribution in [3.05, 3.63) is 60.2 Å². The van der Waals surface area contributed by atoms with E-state index in [1.165, 1.54) is 0 Å². The number of halogens is 3. The Hall–Kier alpha value is -2.38. The van der Waals surface area contributed by atoms with Gasteiger partial charge in [-0.15, -0.1) is 0 Å². The monoisotopic (exact) mass is 364 g/mol. The fourth-order valence-corrected chi connectivity index (χ4v) is 3.55. The molecule has 0 bridgehead atoms. The Bertz CT molecular complexity index is 1180. The molecule has 4 rings (SSSR count). The molecule has 0 aromatic heterocycles. The van der Waals surface area contributed by atoms with Crippen LogP contribution in [0.25, 0.3) is 32.3 Å². The Kier molecular flexibility index (Phi) is 3.42. The third-order valence-electron chi connectivity index (χ3n) is 4.27. The molecule has 0 fully saturated rings. The van der Waals surface area contributed by atoms with Crippen LogP contribution in [-0.4, -0.2) is 13.9 Å². The van der Waals surface area contributed by atoms with Crippen molar-refractivity contribution in [2.24, 2.45) is 0 Å². The maximum atomic E-state index is 12.5. The van der Waals surface area contributed by atoms with Crippen LogP contribution < -0.4 is 0 Å². The van der Waals surface area contributed by atoms with Gasteiger partial charge >= 0.3 is 15.6 Å². The van der Waals surface area contributed by atoms with Gasteiger partial charge in [0.25, 0.3) is 0 Å². The largest absolute Gasteiger partial charge is 0.523 e.